The number of nitrogens with one attached hydrogen (secondary N) is 1. The molecule has 1 saturated heterocycles. The monoisotopic (exact) mass is 293 g/mol. The molecular formula is C16H24FN3O. The average molecular weight is 293 g/mol. The van der Waals surface area contributed by atoms with Crippen LogP contribution in [0, 0.1) is 12.7 Å². The van der Waals surface area contributed by atoms with Crippen LogP contribution in [0.4, 0.5) is 10.1 Å². The maximum absolute atomic E-state index is 13.4. The zero-order valence-electron chi connectivity index (χ0n) is 13.0. The number of hydrogen-bond acceptors (Lipinski definition) is 3. The number of halogens is 1. The van der Waals surface area contributed by atoms with Crippen LogP contribution in [0.25, 0.3) is 0 Å². The van der Waals surface area contributed by atoms with Crippen LogP contribution in [-0.2, 0) is 4.79 Å². The summed E-state index contributed by atoms with van der Waals surface area (Å²) < 4.78 is 13.4. The van der Waals surface area contributed by atoms with E-state index in [4.69, 9.17) is 0 Å². The third-order valence-electron chi connectivity index (χ3n) is 3.96. The molecule has 1 N–H and O–H groups in total. The van der Waals surface area contributed by atoms with E-state index in [1.54, 1.807) is 19.1 Å². The van der Waals surface area contributed by atoms with Crippen LogP contribution in [-0.4, -0.2) is 54.5 Å². The molecule has 1 amide bonds. The summed E-state index contributed by atoms with van der Waals surface area (Å²) in [4.78, 5) is 16.5. The molecule has 0 bridgehead atoms. The van der Waals surface area contributed by atoms with E-state index in [-0.39, 0.29) is 11.7 Å². The summed E-state index contributed by atoms with van der Waals surface area (Å²) in [5, 5.41) is 2.76. The summed E-state index contributed by atoms with van der Waals surface area (Å²) >= 11 is 0. The van der Waals surface area contributed by atoms with Crippen LogP contribution >= 0.6 is 0 Å². The molecule has 1 aromatic carbocycles. The number of amides is 1. The largest absolute Gasteiger partial charge is 0.325 e. The molecule has 1 heterocycles. The molecule has 0 aromatic heterocycles. The van der Waals surface area contributed by atoms with E-state index >= 15 is 0 Å². The second kappa shape index (κ2) is 7.00. The highest BCUT2D eigenvalue weighted by Gasteiger charge is 2.20. The first-order valence-electron chi connectivity index (χ1n) is 7.48. The first-order valence-corrected chi connectivity index (χ1v) is 7.48. The van der Waals surface area contributed by atoms with E-state index in [1.165, 1.54) is 6.07 Å². The molecule has 2 rings (SSSR count). The first-order chi connectivity index (χ1) is 9.95. The quantitative estimate of drug-likeness (QED) is 0.923. The molecule has 1 aliphatic rings. The van der Waals surface area contributed by atoms with Gasteiger partial charge in [0.2, 0.25) is 5.91 Å². The van der Waals surface area contributed by atoms with Gasteiger partial charge < -0.3 is 5.32 Å². The van der Waals surface area contributed by atoms with Crippen molar-refractivity contribution in [1.29, 1.82) is 0 Å². The van der Waals surface area contributed by atoms with E-state index in [2.05, 4.69) is 29.0 Å². The SMILES string of the molecule is Cc1ccc(NC(=O)CN2CCN(C(C)C)CC2)cc1F. The van der Waals surface area contributed by atoms with Crippen molar-refractivity contribution in [2.24, 2.45) is 0 Å². The Hall–Kier alpha value is -1.46. The third kappa shape index (κ3) is 4.51. The lowest BCUT2D eigenvalue weighted by molar-refractivity contribution is -0.117. The number of carbonyl (C=O) groups excluding carboxylic acids is 1. The molecule has 0 unspecified atom stereocenters. The summed E-state index contributed by atoms with van der Waals surface area (Å²) in [5.74, 6) is -0.380. The first kappa shape index (κ1) is 15.9. The highest BCUT2D eigenvalue weighted by molar-refractivity contribution is 5.92. The minimum Gasteiger partial charge on any atom is -0.325 e. The second-order valence-corrected chi connectivity index (χ2v) is 5.92. The maximum Gasteiger partial charge on any atom is 0.238 e. The fourth-order valence-electron chi connectivity index (χ4n) is 2.51. The van der Waals surface area contributed by atoms with Gasteiger partial charge in [-0.1, -0.05) is 6.07 Å². The Kier molecular flexibility index (Phi) is 5.31. The van der Waals surface area contributed by atoms with E-state index in [0.29, 0.717) is 23.8 Å². The smallest absolute Gasteiger partial charge is 0.238 e. The Labute approximate surface area is 125 Å². The number of piperazine rings is 1. The lowest BCUT2D eigenvalue weighted by atomic mass is 10.2. The number of hydrogen-bond donors (Lipinski definition) is 1. The Morgan fingerprint density at radius 2 is 1.95 bits per heavy atom. The van der Waals surface area contributed by atoms with Crippen molar-refractivity contribution in [3.8, 4) is 0 Å². The number of nitrogens with zero attached hydrogens (tertiary/aromatic N) is 2. The number of rotatable bonds is 4. The van der Waals surface area contributed by atoms with E-state index < -0.39 is 0 Å². The van der Waals surface area contributed by atoms with Gasteiger partial charge in [-0.2, -0.15) is 0 Å². The summed E-state index contributed by atoms with van der Waals surface area (Å²) in [6.45, 7) is 10.2. The molecule has 0 saturated carbocycles. The van der Waals surface area contributed by atoms with Crippen molar-refractivity contribution in [3.63, 3.8) is 0 Å². The third-order valence-corrected chi connectivity index (χ3v) is 3.96. The molecule has 1 aliphatic heterocycles. The molecule has 5 heteroatoms. The molecule has 0 radical (unpaired) electrons. The van der Waals surface area contributed by atoms with Crippen LogP contribution in [0.1, 0.15) is 19.4 Å². The number of carbonyl (C=O) groups is 1. The molecule has 1 aromatic rings. The van der Waals surface area contributed by atoms with Gasteiger partial charge in [0.05, 0.1) is 6.54 Å². The lowest BCUT2D eigenvalue weighted by Crippen LogP contribution is -2.50. The minimum absolute atomic E-state index is 0.0868. The molecule has 116 valence electrons. The highest BCUT2D eigenvalue weighted by Crippen LogP contribution is 2.13. The summed E-state index contributed by atoms with van der Waals surface area (Å²) in [5.41, 5.74) is 1.10. The van der Waals surface area contributed by atoms with Gasteiger partial charge in [-0.3, -0.25) is 14.6 Å². The van der Waals surface area contributed by atoms with Crippen molar-refractivity contribution in [2.75, 3.05) is 38.0 Å². The predicted octanol–water partition coefficient (Wildman–Crippen LogP) is 2.10. The maximum atomic E-state index is 13.4. The van der Waals surface area contributed by atoms with Crippen molar-refractivity contribution < 1.29 is 9.18 Å². The van der Waals surface area contributed by atoms with Crippen LogP contribution in [0.2, 0.25) is 0 Å². The molecule has 0 spiro atoms. The van der Waals surface area contributed by atoms with Gasteiger partial charge in [-0.25, -0.2) is 4.39 Å². The second-order valence-electron chi connectivity index (χ2n) is 5.92. The zero-order valence-corrected chi connectivity index (χ0v) is 13.0. The van der Waals surface area contributed by atoms with Gasteiger partial charge in [-0.05, 0) is 38.5 Å². The summed E-state index contributed by atoms with van der Waals surface area (Å²) in [7, 11) is 0. The van der Waals surface area contributed by atoms with Crippen LogP contribution in [0.15, 0.2) is 18.2 Å². The highest BCUT2D eigenvalue weighted by atomic mass is 19.1. The predicted molar refractivity (Wildman–Crippen MR) is 82.9 cm³/mol. The number of anilines is 1. The minimum atomic E-state index is -0.293. The fraction of sp³-hybridized carbons (Fsp3) is 0.562. The van der Waals surface area contributed by atoms with Gasteiger partial charge in [-0.15, -0.1) is 0 Å². The van der Waals surface area contributed by atoms with E-state index in [0.717, 1.165) is 26.2 Å². The Morgan fingerprint density at radius 3 is 2.52 bits per heavy atom. The molecular weight excluding hydrogens is 269 g/mol. The topological polar surface area (TPSA) is 35.6 Å². The molecule has 0 atom stereocenters. The van der Waals surface area contributed by atoms with Crippen molar-refractivity contribution in [1.82, 2.24) is 9.80 Å². The van der Waals surface area contributed by atoms with Crippen LogP contribution in [0.5, 0.6) is 0 Å². The molecule has 4 nitrogen and oxygen atoms in total. The summed E-state index contributed by atoms with van der Waals surface area (Å²) in [6.07, 6.45) is 0. The molecule has 0 aliphatic carbocycles. The van der Waals surface area contributed by atoms with Gasteiger partial charge in [0, 0.05) is 37.9 Å². The van der Waals surface area contributed by atoms with Crippen LogP contribution in [0.3, 0.4) is 0 Å². The van der Waals surface area contributed by atoms with Crippen molar-refractivity contribution in [3.05, 3.63) is 29.6 Å². The Morgan fingerprint density at radius 1 is 1.29 bits per heavy atom. The van der Waals surface area contributed by atoms with Gasteiger partial charge in [0.15, 0.2) is 0 Å². The normalized spacial score (nSPS) is 17.2. The lowest BCUT2D eigenvalue weighted by Gasteiger charge is -2.36. The van der Waals surface area contributed by atoms with Crippen molar-refractivity contribution >= 4 is 11.6 Å². The average Bonchev–Trinajstić information content (AvgIpc) is 2.43. The van der Waals surface area contributed by atoms with Crippen molar-refractivity contribution in [2.45, 2.75) is 26.8 Å². The summed E-state index contributed by atoms with van der Waals surface area (Å²) in [6, 6.07) is 5.32. The van der Waals surface area contributed by atoms with Gasteiger partial charge in [0.25, 0.3) is 0 Å². The van der Waals surface area contributed by atoms with Gasteiger partial charge >= 0.3 is 0 Å². The number of aryl methyl sites for hydroxylation is 1. The standard InChI is InChI=1S/C16H24FN3O/c1-12(2)20-8-6-19(7-9-20)11-16(21)18-14-5-4-13(3)15(17)10-14/h4-5,10,12H,6-9,11H2,1-3H3,(H,18,21). The van der Waals surface area contributed by atoms with E-state index in [1.807, 2.05) is 0 Å². The molecule has 21 heavy (non-hydrogen) atoms. The van der Waals surface area contributed by atoms with Gasteiger partial charge in [0.1, 0.15) is 5.82 Å². The Balaban J connectivity index is 1.81. The van der Waals surface area contributed by atoms with E-state index in [9.17, 15) is 9.18 Å². The van der Waals surface area contributed by atoms with Crippen LogP contribution < -0.4 is 5.32 Å². The number of benzene rings is 1. The Bertz CT molecular complexity index is 496. The fourth-order valence-corrected chi connectivity index (χ4v) is 2.51. The zero-order chi connectivity index (χ0) is 15.4. The molecule has 1 fully saturated rings.